The zero-order valence-electron chi connectivity index (χ0n) is 15.2. The summed E-state index contributed by atoms with van der Waals surface area (Å²) in [6, 6.07) is 14.8. The van der Waals surface area contributed by atoms with Crippen LogP contribution in [0.2, 0.25) is 0 Å². The minimum atomic E-state index is -0.274. The van der Waals surface area contributed by atoms with E-state index in [-0.39, 0.29) is 11.7 Å². The van der Waals surface area contributed by atoms with Crippen molar-refractivity contribution in [1.82, 2.24) is 9.97 Å². The van der Waals surface area contributed by atoms with Gasteiger partial charge in [0.2, 0.25) is 5.95 Å². The van der Waals surface area contributed by atoms with E-state index in [0.717, 1.165) is 12.1 Å². The number of hydrogen-bond acceptors (Lipinski definition) is 5. The van der Waals surface area contributed by atoms with Crippen LogP contribution in [0.5, 0.6) is 0 Å². The highest BCUT2D eigenvalue weighted by atomic mass is 16.1. The number of Topliss-reactive ketones (excluding diaryl/α,β-unsaturated/α-hetero) is 1. The Morgan fingerprint density at radius 1 is 0.926 bits per heavy atom. The van der Waals surface area contributed by atoms with Crippen LogP contribution in [0.3, 0.4) is 0 Å². The Hall–Kier alpha value is -3.54. The fourth-order valence-corrected chi connectivity index (χ4v) is 2.48. The number of rotatable bonds is 6. The van der Waals surface area contributed by atoms with E-state index >= 15 is 0 Å². The van der Waals surface area contributed by atoms with Crippen LogP contribution in [-0.2, 0) is 6.42 Å². The van der Waals surface area contributed by atoms with Gasteiger partial charge in [0.15, 0.2) is 5.78 Å². The van der Waals surface area contributed by atoms with Crippen molar-refractivity contribution < 1.29 is 9.59 Å². The molecule has 0 saturated heterocycles. The number of nitrogens with one attached hydrogen (secondary N) is 2. The smallest absolute Gasteiger partial charge is 0.258 e. The maximum Gasteiger partial charge on any atom is 0.258 e. The van der Waals surface area contributed by atoms with Gasteiger partial charge in [-0.05, 0) is 43.2 Å². The lowest BCUT2D eigenvalue weighted by molar-refractivity contribution is 0.101. The number of aryl methyl sites for hydroxylation is 1. The number of anilines is 3. The van der Waals surface area contributed by atoms with Crippen molar-refractivity contribution in [2.45, 2.75) is 20.3 Å². The van der Waals surface area contributed by atoms with E-state index in [9.17, 15) is 9.59 Å². The predicted molar refractivity (Wildman–Crippen MR) is 106 cm³/mol. The Morgan fingerprint density at radius 2 is 1.63 bits per heavy atom. The average molecular weight is 360 g/mol. The van der Waals surface area contributed by atoms with Crippen molar-refractivity contribution in [2.75, 3.05) is 10.6 Å². The molecule has 0 bridgehead atoms. The van der Waals surface area contributed by atoms with Crippen LogP contribution in [-0.4, -0.2) is 21.7 Å². The van der Waals surface area contributed by atoms with Gasteiger partial charge in [0.25, 0.3) is 5.91 Å². The summed E-state index contributed by atoms with van der Waals surface area (Å²) in [5, 5.41) is 5.84. The number of amides is 1. The molecule has 1 heterocycles. The van der Waals surface area contributed by atoms with E-state index < -0.39 is 0 Å². The van der Waals surface area contributed by atoms with Crippen LogP contribution >= 0.6 is 0 Å². The third kappa shape index (κ3) is 4.76. The van der Waals surface area contributed by atoms with E-state index in [1.807, 2.05) is 30.3 Å². The zero-order chi connectivity index (χ0) is 19.2. The summed E-state index contributed by atoms with van der Waals surface area (Å²) in [5.41, 5.74) is 3.60. The highest BCUT2D eigenvalue weighted by Gasteiger charge is 2.08. The van der Waals surface area contributed by atoms with Gasteiger partial charge in [-0.25, -0.2) is 9.97 Å². The Bertz CT molecular complexity index is 951. The van der Waals surface area contributed by atoms with E-state index in [0.29, 0.717) is 22.8 Å². The Kier molecular flexibility index (Phi) is 5.56. The molecule has 1 amide bonds. The average Bonchev–Trinajstić information content (AvgIpc) is 2.69. The summed E-state index contributed by atoms with van der Waals surface area (Å²) in [6.45, 7) is 3.59. The zero-order valence-corrected chi connectivity index (χ0v) is 15.2. The van der Waals surface area contributed by atoms with Crippen LogP contribution in [0.15, 0.2) is 60.9 Å². The summed E-state index contributed by atoms with van der Waals surface area (Å²) in [7, 11) is 0. The number of ketones is 1. The predicted octanol–water partition coefficient (Wildman–Crippen LogP) is 4.24. The largest absolute Gasteiger partial charge is 0.324 e. The van der Waals surface area contributed by atoms with Crippen LogP contribution in [0.4, 0.5) is 17.3 Å². The Balaban J connectivity index is 1.66. The fourth-order valence-electron chi connectivity index (χ4n) is 2.48. The van der Waals surface area contributed by atoms with Gasteiger partial charge >= 0.3 is 0 Å². The maximum atomic E-state index is 12.3. The van der Waals surface area contributed by atoms with Crippen LogP contribution in [0.1, 0.15) is 40.1 Å². The van der Waals surface area contributed by atoms with Crippen molar-refractivity contribution in [1.29, 1.82) is 0 Å². The third-order valence-corrected chi connectivity index (χ3v) is 4.06. The van der Waals surface area contributed by atoms with Gasteiger partial charge in [0.05, 0.1) is 5.56 Å². The number of aromatic nitrogens is 2. The van der Waals surface area contributed by atoms with Gasteiger partial charge in [-0.2, -0.15) is 0 Å². The van der Waals surface area contributed by atoms with Crippen molar-refractivity contribution in [3.05, 3.63) is 77.6 Å². The topological polar surface area (TPSA) is 84.0 Å². The minimum Gasteiger partial charge on any atom is -0.324 e. The molecule has 2 N–H and O–H groups in total. The lowest BCUT2D eigenvalue weighted by Crippen LogP contribution is -2.13. The SMILES string of the molecule is CCc1ccc(NC(=O)c2cnc(Nc3cccc(C(C)=O)c3)nc2)cc1. The number of benzene rings is 2. The fraction of sp³-hybridized carbons (Fsp3) is 0.143. The molecule has 0 radical (unpaired) electrons. The van der Waals surface area contributed by atoms with Crippen molar-refractivity contribution in [3.8, 4) is 0 Å². The van der Waals surface area contributed by atoms with Gasteiger partial charge in [-0.15, -0.1) is 0 Å². The van der Waals surface area contributed by atoms with Crippen LogP contribution < -0.4 is 10.6 Å². The molecule has 0 unspecified atom stereocenters. The molecule has 0 spiro atoms. The number of carbonyl (C=O) groups is 2. The minimum absolute atomic E-state index is 0.0152. The molecular weight excluding hydrogens is 340 g/mol. The van der Waals surface area contributed by atoms with Crippen LogP contribution in [0.25, 0.3) is 0 Å². The van der Waals surface area contributed by atoms with E-state index in [4.69, 9.17) is 0 Å². The molecule has 6 heteroatoms. The molecule has 3 aromatic rings. The summed E-state index contributed by atoms with van der Waals surface area (Å²) in [4.78, 5) is 32.1. The van der Waals surface area contributed by atoms with Crippen molar-refractivity contribution in [3.63, 3.8) is 0 Å². The Morgan fingerprint density at radius 3 is 2.26 bits per heavy atom. The molecular formula is C21H20N4O2. The third-order valence-electron chi connectivity index (χ3n) is 4.06. The molecule has 0 saturated carbocycles. The molecule has 0 fully saturated rings. The van der Waals surface area contributed by atoms with Gasteiger partial charge in [-0.3, -0.25) is 9.59 Å². The lowest BCUT2D eigenvalue weighted by atomic mass is 10.1. The molecule has 136 valence electrons. The summed E-state index contributed by atoms with van der Waals surface area (Å²) < 4.78 is 0. The van der Waals surface area contributed by atoms with Crippen LogP contribution in [0, 0.1) is 0 Å². The molecule has 3 rings (SSSR count). The second kappa shape index (κ2) is 8.23. The number of hydrogen-bond donors (Lipinski definition) is 2. The monoisotopic (exact) mass is 360 g/mol. The molecule has 27 heavy (non-hydrogen) atoms. The Labute approximate surface area is 157 Å². The first-order valence-electron chi connectivity index (χ1n) is 8.65. The maximum absolute atomic E-state index is 12.3. The van der Waals surface area contributed by atoms with Crippen molar-refractivity contribution >= 4 is 29.0 Å². The van der Waals surface area contributed by atoms with Gasteiger partial charge in [0.1, 0.15) is 0 Å². The van der Waals surface area contributed by atoms with Gasteiger partial charge in [-0.1, -0.05) is 31.2 Å². The molecule has 0 aliphatic carbocycles. The first-order chi connectivity index (χ1) is 13.0. The summed E-state index contributed by atoms with van der Waals surface area (Å²) in [6.07, 6.45) is 3.87. The first-order valence-corrected chi connectivity index (χ1v) is 8.65. The molecule has 0 aliphatic heterocycles. The molecule has 0 aliphatic rings. The highest BCUT2D eigenvalue weighted by molar-refractivity contribution is 6.03. The normalized spacial score (nSPS) is 10.3. The molecule has 0 atom stereocenters. The second-order valence-corrected chi connectivity index (χ2v) is 6.06. The van der Waals surface area contributed by atoms with Gasteiger partial charge < -0.3 is 10.6 Å². The van der Waals surface area contributed by atoms with Gasteiger partial charge in [0, 0.05) is 29.3 Å². The van der Waals surface area contributed by atoms with E-state index in [2.05, 4.69) is 27.5 Å². The summed E-state index contributed by atoms with van der Waals surface area (Å²) in [5.74, 6) is 0.0579. The molecule has 1 aromatic heterocycles. The van der Waals surface area contributed by atoms with E-state index in [1.54, 1.807) is 18.2 Å². The summed E-state index contributed by atoms with van der Waals surface area (Å²) >= 11 is 0. The molecule has 6 nitrogen and oxygen atoms in total. The highest BCUT2D eigenvalue weighted by Crippen LogP contribution is 2.16. The lowest BCUT2D eigenvalue weighted by Gasteiger charge is -2.08. The second-order valence-electron chi connectivity index (χ2n) is 6.06. The molecule has 2 aromatic carbocycles. The number of nitrogens with zero attached hydrogens (tertiary/aromatic N) is 2. The standard InChI is InChI=1S/C21H20N4O2/c1-3-15-7-9-18(10-8-15)24-20(27)17-12-22-21(23-13-17)25-19-6-4-5-16(11-19)14(2)26/h4-13H,3H2,1-2H3,(H,24,27)(H,22,23,25). The van der Waals surface area contributed by atoms with E-state index in [1.165, 1.54) is 24.9 Å². The first kappa shape index (κ1) is 18.3. The quantitative estimate of drug-likeness (QED) is 0.643. The number of carbonyl (C=O) groups excluding carboxylic acids is 2. The van der Waals surface area contributed by atoms with Crippen molar-refractivity contribution in [2.24, 2.45) is 0 Å².